The average Bonchev–Trinajstić information content (AvgIpc) is 3.73. The summed E-state index contributed by atoms with van der Waals surface area (Å²) in [7, 11) is 0. The summed E-state index contributed by atoms with van der Waals surface area (Å²) < 4.78 is 41.8. The van der Waals surface area contributed by atoms with Gasteiger partial charge in [-0.3, -0.25) is 9.59 Å². The summed E-state index contributed by atoms with van der Waals surface area (Å²) in [4.78, 5) is 30.0. The fraction of sp³-hybridized carbons (Fsp3) is 0.294. The van der Waals surface area contributed by atoms with Crippen molar-refractivity contribution in [3.63, 3.8) is 0 Å². The fourth-order valence-corrected chi connectivity index (χ4v) is 6.38. The smallest absolute Gasteiger partial charge is 0.406 e. The molecule has 0 aliphatic carbocycles. The van der Waals surface area contributed by atoms with Crippen LogP contribution in [0.2, 0.25) is 0 Å². The summed E-state index contributed by atoms with van der Waals surface area (Å²) in [6, 6.07) is 24.9. The van der Waals surface area contributed by atoms with Crippen LogP contribution in [-0.4, -0.2) is 53.4 Å². The van der Waals surface area contributed by atoms with Gasteiger partial charge >= 0.3 is 6.36 Å². The molecule has 3 N–H and O–H groups in total. The lowest BCUT2D eigenvalue weighted by molar-refractivity contribution is -0.274. The summed E-state index contributed by atoms with van der Waals surface area (Å²) in [6.07, 6.45) is -3.69. The number of aliphatic hydroxyl groups is 1. The second-order valence-electron chi connectivity index (χ2n) is 10.9. The predicted octanol–water partition coefficient (Wildman–Crippen LogP) is 6.12. The average molecular weight is 638 g/mol. The van der Waals surface area contributed by atoms with Gasteiger partial charge in [0.1, 0.15) is 5.75 Å². The first-order valence-electron chi connectivity index (χ1n) is 14.7. The van der Waals surface area contributed by atoms with Crippen molar-refractivity contribution in [3.05, 3.63) is 124 Å². The van der Waals surface area contributed by atoms with Crippen LogP contribution in [0.15, 0.2) is 96.4 Å². The van der Waals surface area contributed by atoms with Crippen molar-refractivity contribution >= 4 is 23.2 Å². The lowest BCUT2D eigenvalue weighted by Crippen LogP contribution is -2.48. The molecule has 236 valence electrons. The molecule has 2 heterocycles. The van der Waals surface area contributed by atoms with Crippen LogP contribution in [0, 0.1) is 0 Å². The molecule has 1 saturated heterocycles. The van der Waals surface area contributed by atoms with Crippen LogP contribution in [0.3, 0.4) is 0 Å². The van der Waals surface area contributed by atoms with Gasteiger partial charge in [0, 0.05) is 35.6 Å². The number of nitrogens with one attached hydrogen (secondary N) is 2. The Labute approximate surface area is 263 Å². The van der Waals surface area contributed by atoms with E-state index in [4.69, 9.17) is 0 Å². The van der Waals surface area contributed by atoms with Crippen LogP contribution in [0.25, 0.3) is 0 Å². The summed E-state index contributed by atoms with van der Waals surface area (Å²) >= 11 is 1.63. The number of ether oxygens (including phenoxy) is 1. The van der Waals surface area contributed by atoms with Gasteiger partial charge in [0.2, 0.25) is 0 Å². The first-order valence-corrected chi connectivity index (χ1v) is 15.6. The number of rotatable bonds is 12. The molecule has 0 saturated carbocycles. The molecule has 1 aliphatic rings. The highest BCUT2D eigenvalue weighted by molar-refractivity contribution is 7.10. The molecular weight excluding hydrogens is 603 g/mol. The van der Waals surface area contributed by atoms with Gasteiger partial charge in [-0.2, -0.15) is 0 Å². The van der Waals surface area contributed by atoms with E-state index in [9.17, 15) is 27.9 Å². The van der Waals surface area contributed by atoms with Crippen LogP contribution < -0.4 is 15.4 Å². The molecule has 0 spiro atoms. The maximum atomic E-state index is 13.5. The maximum absolute atomic E-state index is 13.5. The van der Waals surface area contributed by atoms with Crippen LogP contribution in [0.4, 0.5) is 13.2 Å². The number of hydrogen-bond acceptors (Lipinski definition) is 6. The normalized spacial score (nSPS) is 16.3. The summed E-state index contributed by atoms with van der Waals surface area (Å²) in [5.41, 5.74) is 2.15. The second-order valence-corrected chi connectivity index (χ2v) is 11.9. The quantitative estimate of drug-likeness (QED) is 0.174. The van der Waals surface area contributed by atoms with Gasteiger partial charge in [-0.15, -0.1) is 24.5 Å². The number of benzene rings is 3. The van der Waals surface area contributed by atoms with Gasteiger partial charge in [0.05, 0.1) is 18.2 Å². The molecule has 1 fully saturated rings. The molecule has 4 aromatic rings. The van der Waals surface area contributed by atoms with Crippen molar-refractivity contribution in [2.24, 2.45) is 0 Å². The standard InChI is InChI=1S/C34H34F3N3O4S/c35-34(36,37)44-27-13-4-10-24(18-27)21-38-22-30(41)28(19-23-8-2-1-3-9-23)39-32(42)25-11-5-12-26(20-25)33(43)40-16-6-14-29(40)31-15-7-17-45-31/h1-5,7-13,15,17-18,20,28-30,38,41H,6,14,16,19,21-22H2,(H,39,42)/t28-,29?,30+/m0/s1. The molecule has 1 aliphatic heterocycles. The Morgan fingerprint density at radius 3 is 2.47 bits per heavy atom. The number of hydrogen-bond donors (Lipinski definition) is 3. The van der Waals surface area contributed by atoms with E-state index in [1.165, 1.54) is 18.2 Å². The minimum Gasteiger partial charge on any atom is -0.406 e. The Morgan fingerprint density at radius 1 is 0.956 bits per heavy atom. The van der Waals surface area contributed by atoms with Crippen molar-refractivity contribution in [1.29, 1.82) is 0 Å². The number of carbonyl (C=O) groups excluding carboxylic acids is 2. The van der Waals surface area contributed by atoms with Crippen molar-refractivity contribution in [2.75, 3.05) is 13.1 Å². The molecule has 2 amide bonds. The van der Waals surface area contributed by atoms with E-state index in [1.807, 2.05) is 52.7 Å². The number of carbonyl (C=O) groups is 2. The van der Waals surface area contributed by atoms with Gasteiger partial charge in [0.15, 0.2) is 0 Å². The van der Waals surface area contributed by atoms with Crippen molar-refractivity contribution in [3.8, 4) is 5.75 Å². The Kier molecular flexibility index (Phi) is 10.5. The van der Waals surface area contributed by atoms with Gasteiger partial charge < -0.3 is 25.4 Å². The largest absolute Gasteiger partial charge is 0.573 e. The van der Waals surface area contributed by atoms with Gasteiger partial charge in [-0.1, -0.05) is 54.6 Å². The van der Waals surface area contributed by atoms with E-state index in [0.29, 0.717) is 29.7 Å². The molecule has 5 rings (SSSR count). The van der Waals surface area contributed by atoms with E-state index >= 15 is 0 Å². The highest BCUT2D eigenvalue weighted by Gasteiger charge is 2.32. The zero-order valence-electron chi connectivity index (χ0n) is 24.4. The van der Waals surface area contributed by atoms with Crippen LogP contribution in [-0.2, 0) is 13.0 Å². The Balaban J connectivity index is 1.25. The lowest BCUT2D eigenvalue weighted by Gasteiger charge is -2.26. The molecule has 1 unspecified atom stereocenters. The number of alkyl halides is 3. The maximum Gasteiger partial charge on any atom is 0.573 e. The topological polar surface area (TPSA) is 90.9 Å². The molecule has 0 radical (unpaired) electrons. The van der Waals surface area contributed by atoms with E-state index in [2.05, 4.69) is 15.4 Å². The van der Waals surface area contributed by atoms with Crippen LogP contribution in [0.1, 0.15) is 55.6 Å². The summed E-state index contributed by atoms with van der Waals surface area (Å²) in [6.45, 7) is 0.876. The summed E-state index contributed by atoms with van der Waals surface area (Å²) in [5, 5.41) is 19.1. The number of amides is 2. The predicted molar refractivity (Wildman–Crippen MR) is 166 cm³/mol. The van der Waals surface area contributed by atoms with Crippen molar-refractivity contribution < 1.29 is 32.6 Å². The number of halogens is 3. The van der Waals surface area contributed by atoms with Crippen molar-refractivity contribution in [2.45, 2.75) is 50.4 Å². The molecule has 45 heavy (non-hydrogen) atoms. The van der Waals surface area contributed by atoms with Crippen LogP contribution >= 0.6 is 11.3 Å². The first kappa shape index (κ1) is 32.2. The third-order valence-electron chi connectivity index (χ3n) is 7.65. The van der Waals surface area contributed by atoms with Gasteiger partial charge in [-0.05, 0) is 72.2 Å². The second kappa shape index (κ2) is 14.7. The number of thiophene rings is 1. The van der Waals surface area contributed by atoms with Crippen LogP contribution in [0.5, 0.6) is 5.75 Å². The lowest BCUT2D eigenvalue weighted by atomic mass is 10.00. The zero-order valence-corrected chi connectivity index (χ0v) is 25.2. The Hall–Kier alpha value is -4.19. The highest BCUT2D eigenvalue weighted by atomic mass is 32.1. The monoisotopic (exact) mass is 637 g/mol. The van der Waals surface area contributed by atoms with Crippen molar-refractivity contribution in [1.82, 2.24) is 15.5 Å². The first-order chi connectivity index (χ1) is 21.7. The molecule has 3 aromatic carbocycles. The Morgan fingerprint density at radius 2 is 1.71 bits per heavy atom. The highest BCUT2D eigenvalue weighted by Crippen LogP contribution is 2.35. The fourth-order valence-electron chi connectivity index (χ4n) is 5.51. The molecule has 7 nitrogen and oxygen atoms in total. The SMILES string of the molecule is O=C(N[C@@H](Cc1ccccc1)[C@H](O)CNCc1cccc(OC(F)(F)F)c1)c1cccc(C(=O)N2CCCC2c2cccs2)c1. The summed E-state index contributed by atoms with van der Waals surface area (Å²) in [5.74, 6) is -0.891. The van der Waals surface area contributed by atoms with E-state index < -0.39 is 24.4 Å². The minimum atomic E-state index is -4.79. The van der Waals surface area contributed by atoms with E-state index in [-0.39, 0.29) is 30.8 Å². The molecule has 1 aromatic heterocycles. The molecule has 3 atom stereocenters. The minimum absolute atomic E-state index is 0.0209. The van der Waals surface area contributed by atoms with E-state index in [1.54, 1.807) is 41.7 Å². The molecule has 0 bridgehead atoms. The third-order valence-corrected chi connectivity index (χ3v) is 8.62. The zero-order chi connectivity index (χ0) is 31.8. The third kappa shape index (κ3) is 8.93. The Bertz CT molecular complexity index is 1570. The number of likely N-dealkylation sites (tertiary alicyclic amines) is 1. The molecular formula is C34H34F3N3O4S. The number of aliphatic hydroxyl groups excluding tert-OH is 1. The van der Waals surface area contributed by atoms with Gasteiger partial charge in [0.25, 0.3) is 11.8 Å². The number of nitrogens with zero attached hydrogens (tertiary/aromatic N) is 1. The van der Waals surface area contributed by atoms with E-state index in [0.717, 1.165) is 23.3 Å². The molecule has 11 heteroatoms. The van der Waals surface area contributed by atoms with Gasteiger partial charge in [-0.25, -0.2) is 0 Å².